The van der Waals surface area contributed by atoms with Gasteiger partial charge in [-0.25, -0.2) is 0 Å². The summed E-state index contributed by atoms with van der Waals surface area (Å²) in [5.74, 6) is 0. The van der Waals surface area contributed by atoms with E-state index < -0.39 is 0 Å². The summed E-state index contributed by atoms with van der Waals surface area (Å²) in [6.45, 7) is 2.14. The number of rotatable bonds is 5. The number of halogens is 1. The zero-order chi connectivity index (χ0) is 9.52. The maximum Gasteiger partial charge on any atom is 0.0371 e. The third-order valence-electron chi connectivity index (χ3n) is 1.79. The van der Waals surface area contributed by atoms with Gasteiger partial charge in [0.1, 0.15) is 0 Å². The fraction of sp³-hybridized carbons (Fsp3) is 0.500. The SMILES string of the molecule is CN(C)CCCNc1ccncc1.Cl. The van der Waals surface area contributed by atoms with E-state index in [2.05, 4.69) is 29.3 Å². The lowest BCUT2D eigenvalue weighted by atomic mass is 10.3. The summed E-state index contributed by atoms with van der Waals surface area (Å²) in [5.41, 5.74) is 1.15. The lowest BCUT2D eigenvalue weighted by Crippen LogP contribution is -2.16. The van der Waals surface area contributed by atoms with Gasteiger partial charge in [0, 0.05) is 24.6 Å². The molecule has 0 radical (unpaired) electrons. The molecule has 80 valence electrons. The second kappa shape index (κ2) is 7.59. The molecule has 0 fully saturated rings. The first kappa shape index (κ1) is 13.2. The van der Waals surface area contributed by atoms with E-state index in [9.17, 15) is 0 Å². The van der Waals surface area contributed by atoms with E-state index >= 15 is 0 Å². The lowest BCUT2D eigenvalue weighted by Gasteiger charge is -2.10. The van der Waals surface area contributed by atoms with Gasteiger partial charge in [-0.05, 0) is 39.2 Å². The average Bonchev–Trinajstić information content (AvgIpc) is 2.14. The second-order valence-corrected chi connectivity index (χ2v) is 3.32. The number of nitrogens with one attached hydrogen (secondary N) is 1. The van der Waals surface area contributed by atoms with E-state index in [-0.39, 0.29) is 12.4 Å². The number of nitrogens with zero attached hydrogens (tertiary/aromatic N) is 2. The largest absolute Gasteiger partial charge is 0.385 e. The second-order valence-electron chi connectivity index (χ2n) is 3.32. The highest BCUT2D eigenvalue weighted by Crippen LogP contribution is 2.02. The molecule has 0 amide bonds. The van der Waals surface area contributed by atoms with Crippen LogP contribution in [0.5, 0.6) is 0 Å². The molecule has 0 saturated heterocycles. The van der Waals surface area contributed by atoms with Crippen molar-refractivity contribution in [1.82, 2.24) is 9.88 Å². The van der Waals surface area contributed by atoms with E-state index in [0.717, 1.165) is 25.2 Å². The smallest absolute Gasteiger partial charge is 0.0371 e. The molecule has 0 atom stereocenters. The van der Waals surface area contributed by atoms with Gasteiger partial charge in [0.05, 0.1) is 0 Å². The molecule has 1 aromatic rings. The molecule has 0 saturated carbocycles. The maximum absolute atomic E-state index is 3.95. The van der Waals surface area contributed by atoms with Gasteiger partial charge in [0.15, 0.2) is 0 Å². The summed E-state index contributed by atoms with van der Waals surface area (Å²) in [5, 5.41) is 3.33. The van der Waals surface area contributed by atoms with Crippen LogP contribution in [-0.2, 0) is 0 Å². The minimum atomic E-state index is 0. The molecule has 0 unspecified atom stereocenters. The average molecular weight is 216 g/mol. The molecule has 4 heteroatoms. The van der Waals surface area contributed by atoms with Crippen LogP contribution in [0.1, 0.15) is 6.42 Å². The Morgan fingerprint density at radius 1 is 1.29 bits per heavy atom. The molecule has 14 heavy (non-hydrogen) atoms. The normalized spacial score (nSPS) is 9.64. The van der Waals surface area contributed by atoms with E-state index in [1.54, 1.807) is 12.4 Å². The molecule has 1 N–H and O–H groups in total. The molecule has 0 aliphatic rings. The highest BCUT2D eigenvalue weighted by Gasteiger charge is 1.91. The van der Waals surface area contributed by atoms with Crippen molar-refractivity contribution in [3.05, 3.63) is 24.5 Å². The van der Waals surface area contributed by atoms with E-state index in [1.807, 2.05) is 12.1 Å². The van der Waals surface area contributed by atoms with Gasteiger partial charge in [-0.3, -0.25) is 4.98 Å². The Balaban J connectivity index is 0.00000169. The molecule has 0 aromatic carbocycles. The number of aromatic nitrogens is 1. The fourth-order valence-electron chi connectivity index (χ4n) is 1.10. The van der Waals surface area contributed by atoms with Gasteiger partial charge in [0.25, 0.3) is 0 Å². The summed E-state index contributed by atoms with van der Waals surface area (Å²) in [7, 11) is 4.18. The van der Waals surface area contributed by atoms with Crippen molar-refractivity contribution in [2.75, 3.05) is 32.5 Å². The Kier molecular flexibility index (Phi) is 7.16. The molecular weight excluding hydrogens is 198 g/mol. The van der Waals surface area contributed by atoms with Gasteiger partial charge >= 0.3 is 0 Å². The molecule has 0 aliphatic heterocycles. The molecule has 0 spiro atoms. The summed E-state index contributed by atoms with van der Waals surface area (Å²) in [6, 6.07) is 3.96. The summed E-state index contributed by atoms with van der Waals surface area (Å²) in [4.78, 5) is 6.14. The first-order chi connectivity index (χ1) is 6.29. The topological polar surface area (TPSA) is 28.2 Å². The minimum absolute atomic E-state index is 0. The van der Waals surface area contributed by atoms with Crippen LogP contribution >= 0.6 is 12.4 Å². The van der Waals surface area contributed by atoms with Gasteiger partial charge < -0.3 is 10.2 Å². The zero-order valence-electron chi connectivity index (χ0n) is 8.73. The van der Waals surface area contributed by atoms with E-state index in [0.29, 0.717) is 0 Å². The molecule has 1 heterocycles. The van der Waals surface area contributed by atoms with Crippen molar-refractivity contribution in [1.29, 1.82) is 0 Å². The van der Waals surface area contributed by atoms with Crippen LogP contribution in [0.15, 0.2) is 24.5 Å². The predicted molar refractivity (Wildman–Crippen MR) is 63.1 cm³/mol. The molecule has 0 bridgehead atoms. The standard InChI is InChI=1S/C10H17N3.ClH/c1-13(2)9-3-6-12-10-4-7-11-8-5-10;/h4-5,7-8H,3,6,9H2,1-2H3,(H,11,12);1H. The first-order valence-electron chi connectivity index (χ1n) is 4.57. The minimum Gasteiger partial charge on any atom is -0.385 e. The fourth-order valence-corrected chi connectivity index (χ4v) is 1.10. The number of pyridine rings is 1. The maximum atomic E-state index is 3.95. The Bertz CT molecular complexity index is 226. The Morgan fingerprint density at radius 3 is 2.50 bits per heavy atom. The highest BCUT2D eigenvalue weighted by atomic mass is 35.5. The van der Waals surface area contributed by atoms with Gasteiger partial charge in [-0.2, -0.15) is 0 Å². The van der Waals surface area contributed by atoms with Crippen molar-refractivity contribution < 1.29 is 0 Å². The molecular formula is C10H18ClN3. The highest BCUT2D eigenvalue weighted by molar-refractivity contribution is 5.85. The number of anilines is 1. The summed E-state index contributed by atoms with van der Waals surface area (Å²) < 4.78 is 0. The lowest BCUT2D eigenvalue weighted by molar-refractivity contribution is 0.405. The van der Waals surface area contributed by atoms with Crippen molar-refractivity contribution in [2.24, 2.45) is 0 Å². The monoisotopic (exact) mass is 215 g/mol. The van der Waals surface area contributed by atoms with Crippen LogP contribution in [-0.4, -0.2) is 37.1 Å². The molecule has 1 rings (SSSR count). The van der Waals surface area contributed by atoms with Crippen molar-refractivity contribution >= 4 is 18.1 Å². The number of hydrogen-bond donors (Lipinski definition) is 1. The van der Waals surface area contributed by atoms with Gasteiger partial charge in [-0.15, -0.1) is 12.4 Å². The first-order valence-corrected chi connectivity index (χ1v) is 4.57. The van der Waals surface area contributed by atoms with E-state index in [1.165, 1.54) is 0 Å². The quantitative estimate of drug-likeness (QED) is 0.761. The van der Waals surface area contributed by atoms with Crippen molar-refractivity contribution in [3.8, 4) is 0 Å². The van der Waals surface area contributed by atoms with Crippen LogP contribution in [0.2, 0.25) is 0 Å². The molecule has 3 nitrogen and oxygen atoms in total. The van der Waals surface area contributed by atoms with Gasteiger partial charge in [0.2, 0.25) is 0 Å². The van der Waals surface area contributed by atoms with Gasteiger partial charge in [-0.1, -0.05) is 0 Å². The van der Waals surface area contributed by atoms with Crippen LogP contribution in [0, 0.1) is 0 Å². The predicted octanol–water partition coefficient (Wildman–Crippen LogP) is 1.87. The van der Waals surface area contributed by atoms with Crippen LogP contribution in [0.4, 0.5) is 5.69 Å². The summed E-state index contributed by atoms with van der Waals surface area (Å²) >= 11 is 0. The molecule has 1 aromatic heterocycles. The van der Waals surface area contributed by atoms with Crippen LogP contribution < -0.4 is 5.32 Å². The van der Waals surface area contributed by atoms with Crippen molar-refractivity contribution in [2.45, 2.75) is 6.42 Å². The van der Waals surface area contributed by atoms with Crippen LogP contribution in [0.3, 0.4) is 0 Å². The van der Waals surface area contributed by atoms with Crippen LogP contribution in [0.25, 0.3) is 0 Å². The Hall–Kier alpha value is -0.800. The molecule has 0 aliphatic carbocycles. The zero-order valence-corrected chi connectivity index (χ0v) is 9.55. The Labute approximate surface area is 91.9 Å². The third kappa shape index (κ3) is 5.78. The summed E-state index contributed by atoms with van der Waals surface area (Å²) in [6.07, 6.45) is 4.76. The Morgan fingerprint density at radius 2 is 1.93 bits per heavy atom. The van der Waals surface area contributed by atoms with Crippen molar-refractivity contribution in [3.63, 3.8) is 0 Å². The number of hydrogen-bond acceptors (Lipinski definition) is 3. The van der Waals surface area contributed by atoms with E-state index in [4.69, 9.17) is 0 Å². The third-order valence-corrected chi connectivity index (χ3v) is 1.79.